The molecule has 0 aliphatic heterocycles. The van der Waals surface area contributed by atoms with Crippen LogP contribution in [0.3, 0.4) is 0 Å². The van der Waals surface area contributed by atoms with Gasteiger partial charge >= 0.3 is 12.4 Å². The fourth-order valence-electron chi connectivity index (χ4n) is 2.79. The van der Waals surface area contributed by atoms with Gasteiger partial charge in [-0.25, -0.2) is 0 Å². The van der Waals surface area contributed by atoms with Crippen molar-refractivity contribution in [3.8, 4) is 0 Å². The summed E-state index contributed by atoms with van der Waals surface area (Å²) in [6.45, 7) is 2.79. The van der Waals surface area contributed by atoms with E-state index in [9.17, 15) is 31.4 Å². The molecule has 0 spiro atoms. The van der Waals surface area contributed by atoms with Gasteiger partial charge in [-0.15, -0.1) is 0 Å². The Morgan fingerprint density at radius 2 is 1.38 bits per heavy atom. The highest BCUT2D eigenvalue weighted by Gasteiger charge is 2.37. The van der Waals surface area contributed by atoms with Gasteiger partial charge in [-0.1, -0.05) is 29.8 Å². The first-order valence-corrected chi connectivity index (χ1v) is 8.63. The van der Waals surface area contributed by atoms with Crippen molar-refractivity contribution < 1.29 is 36.2 Å². The Morgan fingerprint density at radius 1 is 0.897 bits per heavy atom. The smallest absolute Gasteiger partial charge is 0.385 e. The molecule has 160 valence electrons. The molecule has 0 amide bonds. The van der Waals surface area contributed by atoms with Crippen LogP contribution in [0, 0.1) is 6.92 Å². The van der Waals surface area contributed by atoms with Crippen LogP contribution >= 0.6 is 0 Å². The number of aliphatic hydroxyl groups is 1. The van der Waals surface area contributed by atoms with Crippen molar-refractivity contribution in [3.63, 3.8) is 0 Å². The zero-order valence-electron chi connectivity index (χ0n) is 15.7. The lowest BCUT2D eigenvalue weighted by atomic mass is 9.91. The minimum atomic E-state index is -4.94. The van der Waals surface area contributed by atoms with Crippen molar-refractivity contribution in [1.82, 2.24) is 0 Å². The van der Waals surface area contributed by atoms with Crippen LogP contribution in [0.2, 0.25) is 0 Å². The summed E-state index contributed by atoms with van der Waals surface area (Å²) in [7, 11) is 0. The lowest BCUT2D eigenvalue weighted by molar-refractivity contribution is -0.143. The molecular formula is C20H21F6NO2. The molecule has 2 rings (SSSR count). The second-order valence-corrected chi connectivity index (χ2v) is 7.11. The summed E-state index contributed by atoms with van der Waals surface area (Å²) in [5, 5.41) is 10.6. The molecule has 0 bridgehead atoms. The van der Waals surface area contributed by atoms with Crippen LogP contribution < -0.4 is 5.73 Å². The predicted octanol–water partition coefficient (Wildman–Crippen LogP) is 5.13. The van der Waals surface area contributed by atoms with Crippen molar-refractivity contribution >= 4 is 0 Å². The van der Waals surface area contributed by atoms with Crippen LogP contribution in [0.5, 0.6) is 0 Å². The van der Waals surface area contributed by atoms with E-state index in [0.29, 0.717) is 17.7 Å². The van der Waals surface area contributed by atoms with Crippen LogP contribution in [0.15, 0.2) is 42.5 Å². The molecule has 2 unspecified atom stereocenters. The summed E-state index contributed by atoms with van der Waals surface area (Å²) < 4.78 is 82.7. The normalized spacial score (nSPS) is 15.8. The SMILES string of the molecule is Cc1ccc(C(C)(O)CC(N)OCc2cc(C(F)(F)F)cc(C(F)(F)F)c2)cc1. The Morgan fingerprint density at radius 3 is 1.83 bits per heavy atom. The molecule has 0 aliphatic rings. The summed E-state index contributed by atoms with van der Waals surface area (Å²) in [4.78, 5) is 0. The van der Waals surface area contributed by atoms with Crippen molar-refractivity contribution in [2.24, 2.45) is 5.73 Å². The van der Waals surface area contributed by atoms with Crippen LogP contribution in [0.4, 0.5) is 26.3 Å². The Kier molecular flexibility index (Phi) is 6.66. The summed E-state index contributed by atoms with van der Waals surface area (Å²) >= 11 is 0. The van der Waals surface area contributed by atoms with Crippen molar-refractivity contribution in [1.29, 1.82) is 0 Å². The Balaban J connectivity index is 2.13. The van der Waals surface area contributed by atoms with E-state index in [1.807, 2.05) is 6.92 Å². The maximum absolute atomic E-state index is 12.9. The summed E-state index contributed by atoms with van der Waals surface area (Å²) in [6, 6.07) is 8.19. The first-order valence-electron chi connectivity index (χ1n) is 8.63. The number of nitrogens with two attached hydrogens (primary N) is 1. The van der Waals surface area contributed by atoms with Crippen LogP contribution in [0.1, 0.15) is 41.2 Å². The second kappa shape index (κ2) is 8.33. The van der Waals surface area contributed by atoms with Gasteiger partial charge in [0.1, 0.15) is 6.23 Å². The van der Waals surface area contributed by atoms with E-state index in [0.717, 1.165) is 5.56 Å². The molecule has 0 saturated carbocycles. The van der Waals surface area contributed by atoms with Crippen molar-refractivity contribution in [2.75, 3.05) is 0 Å². The maximum Gasteiger partial charge on any atom is 0.416 e. The maximum atomic E-state index is 12.9. The number of benzene rings is 2. The van der Waals surface area contributed by atoms with E-state index in [-0.39, 0.29) is 18.1 Å². The lowest BCUT2D eigenvalue weighted by Gasteiger charge is -2.27. The van der Waals surface area contributed by atoms with E-state index >= 15 is 0 Å². The highest BCUT2D eigenvalue weighted by Crippen LogP contribution is 2.36. The Labute approximate surface area is 164 Å². The van der Waals surface area contributed by atoms with Crippen molar-refractivity contribution in [2.45, 2.75) is 51.1 Å². The zero-order valence-corrected chi connectivity index (χ0v) is 15.7. The van der Waals surface area contributed by atoms with Gasteiger partial charge in [0.15, 0.2) is 0 Å². The molecule has 0 saturated heterocycles. The van der Waals surface area contributed by atoms with Crippen LogP contribution in [-0.2, 0) is 29.3 Å². The molecule has 2 aromatic rings. The molecule has 2 atom stereocenters. The zero-order chi connectivity index (χ0) is 22.0. The molecule has 0 aromatic heterocycles. The van der Waals surface area contributed by atoms with Gasteiger partial charge in [0, 0.05) is 6.42 Å². The third-order valence-electron chi connectivity index (χ3n) is 4.38. The van der Waals surface area contributed by atoms with Gasteiger partial charge in [-0.05, 0) is 43.2 Å². The molecule has 0 fully saturated rings. The molecule has 2 aromatic carbocycles. The standard InChI is InChI=1S/C20H21F6NO2/c1-12-3-5-14(6-4-12)18(2,28)10-17(27)29-11-13-7-15(19(21,22)23)9-16(8-13)20(24,25)26/h3-9,17,28H,10-11,27H2,1-2H3. The van der Waals surface area contributed by atoms with E-state index in [2.05, 4.69) is 0 Å². The molecule has 9 heteroatoms. The molecule has 29 heavy (non-hydrogen) atoms. The molecule has 3 nitrogen and oxygen atoms in total. The first-order chi connectivity index (χ1) is 13.2. The first kappa shape index (κ1) is 23.2. The van der Waals surface area contributed by atoms with Crippen molar-refractivity contribution in [3.05, 3.63) is 70.3 Å². The fourth-order valence-corrected chi connectivity index (χ4v) is 2.79. The number of rotatable bonds is 6. The van der Waals surface area contributed by atoms with Gasteiger partial charge in [0.2, 0.25) is 0 Å². The summed E-state index contributed by atoms with van der Waals surface area (Å²) in [5.74, 6) is 0. The Hall–Kier alpha value is -2.10. The number of ether oxygens (including phenoxy) is 1. The number of hydrogen-bond acceptors (Lipinski definition) is 3. The van der Waals surface area contributed by atoms with E-state index in [1.165, 1.54) is 6.92 Å². The van der Waals surface area contributed by atoms with Crippen LogP contribution in [0.25, 0.3) is 0 Å². The molecule has 0 radical (unpaired) electrons. The third-order valence-corrected chi connectivity index (χ3v) is 4.38. The second-order valence-electron chi connectivity index (χ2n) is 7.11. The highest BCUT2D eigenvalue weighted by atomic mass is 19.4. The fraction of sp³-hybridized carbons (Fsp3) is 0.400. The Bertz CT molecular complexity index is 796. The number of hydrogen-bond donors (Lipinski definition) is 2. The quantitative estimate of drug-likeness (QED) is 0.502. The number of aryl methyl sites for hydroxylation is 1. The van der Waals surface area contributed by atoms with Gasteiger partial charge in [0.25, 0.3) is 0 Å². The molecule has 0 heterocycles. The lowest BCUT2D eigenvalue weighted by Crippen LogP contribution is -2.34. The molecular weight excluding hydrogens is 400 g/mol. The molecule has 3 N–H and O–H groups in total. The third kappa shape index (κ3) is 6.45. The largest absolute Gasteiger partial charge is 0.416 e. The van der Waals surface area contributed by atoms with E-state index in [1.54, 1.807) is 24.3 Å². The summed E-state index contributed by atoms with van der Waals surface area (Å²) in [5.41, 5.74) is 2.77. The van der Waals surface area contributed by atoms with E-state index in [4.69, 9.17) is 10.5 Å². The van der Waals surface area contributed by atoms with Gasteiger partial charge in [0.05, 0.1) is 23.3 Å². The minimum Gasteiger partial charge on any atom is -0.385 e. The highest BCUT2D eigenvalue weighted by molar-refractivity contribution is 5.33. The van der Waals surface area contributed by atoms with Gasteiger partial charge in [-0.2, -0.15) is 26.3 Å². The van der Waals surface area contributed by atoms with Crippen LogP contribution in [-0.4, -0.2) is 11.3 Å². The van der Waals surface area contributed by atoms with Gasteiger partial charge in [-0.3, -0.25) is 0 Å². The monoisotopic (exact) mass is 421 g/mol. The predicted molar refractivity (Wildman–Crippen MR) is 94.6 cm³/mol. The van der Waals surface area contributed by atoms with Gasteiger partial charge < -0.3 is 15.6 Å². The average Bonchev–Trinajstić information content (AvgIpc) is 2.58. The number of alkyl halides is 6. The van der Waals surface area contributed by atoms with E-state index < -0.39 is 41.9 Å². The minimum absolute atomic E-state index is 0.0472. The average molecular weight is 421 g/mol. The molecule has 0 aliphatic carbocycles. The summed E-state index contributed by atoms with van der Waals surface area (Å²) in [6.07, 6.45) is -11.1. The number of halogens is 6. The topological polar surface area (TPSA) is 55.5 Å².